The zero-order valence-corrected chi connectivity index (χ0v) is 10.2. The molecule has 0 saturated carbocycles. The maximum atomic E-state index is 13.4. The third kappa shape index (κ3) is 2.61. The van der Waals surface area contributed by atoms with Gasteiger partial charge in [0, 0.05) is 12.4 Å². The maximum Gasteiger partial charge on any atom is 0.278 e. The van der Waals surface area contributed by atoms with E-state index in [1.54, 1.807) is 18.3 Å². The van der Waals surface area contributed by atoms with Gasteiger partial charge in [-0.3, -0.25) is 4.98 Å². The van der Waals surface area contributed by atoms with E-state index in [4.69, 9.17) is 9.26 Å². The van der Waals surface area contributed by atoms with Crippen LogP contribution in [0.4, 0.5) is 4.39 Å². The summed E-state index contributed by atoms with van der Waals surface area (Å²) in [4.78, 5) is 12.0. The predicted octanol–water partition coefficient (Wildman–Crippen LogP) is 2.24. The van der Waals surface area contributed by atoms with Crippen LogP contribution in [-0.4, -0.2) is 20.1 Å². The Hall–Kier alpha value is -2.83. The second-order valence-corrected chi connectivity index (χ2v) is 3.83. The lowest BCUT2D eigenvalue weighted by Gasteiger charge is -2.03. The van der Waals surface area contributed by atoms with Crippen LogP contribution >= 0.6 is 0 Å². The monoisotopic (exact) mass is 272 g/mol. The normalized spacial score (nSPS) is 10.4. The largest absolute Gasteiger partial charge is 0.482 e. The zero-order valence-electron chi connectivity index (χ0n) is 10.2. The summed E-state index contributed by atoms with van der Waals surface area (Å²) in [7, 11) is 0. The predicted molar refractivity (Wildman–Crippen MR) is 66.1 cm³/mol. The molecule has 0 aliphatic carbocycles. The maximum absolute atomic E-state index is 13.4. The van der Waals surface area contributed by atoms with Gasteiger partial charge in [-0.1, -0.05) is 17.3 Å². The highest BCUT2D eigenvalue weighted by Gasteiger charge is 2.11. The Balaban J connectivity index is 1.71. The Morgan fingerprint density at radius 2 is 2.10 bits per heavy atom. The molecular formula is C13H9FN4O2. The fourth-order valence-corrected chi connectivity index (χ4v) is 1.53. The summed E-state index contributed by atoms with van der Waals surface area (Å²) in [5, 5.41) is 3.74. The number of hydrogen-bond donors (Lipinski definition) is 0. The minimum atomic E-state index is -0.440. The minimum Gasteiger partial charge on any atom is -0.482 e. The van der Waals surface area contributed by atoms with Gasteiger partial charge in [0.15, 0.2) is 18.2 Å². The first-order valence-electron chi connectivity index (χ1n) is 5.79. The van der Waals surface area contributed by atoms with Crippen LogP contribution in [0.1, 0.15) is 5.82 Å². The zero-order chi connectivity index (χ0) is 13.8. The van der Waals surface area contributed by atoms with Crippen LogP contribution in [-0.2, 0) is 6.61 Å². The summed E-state index contributed by atoms with van der Waals surface area (Å²) in [6.45, 7) is 0.00466. The molecule has 0 fully saturated rings. The molecule has 0 aliphatic rings. The van der Waals surface area contributed by atoms with Gasteiger partial charge in [0.05, 0.1) is 6.20 Å². The van der Waals surface area contributed by atoms with E-state index in [1.165, 1.54) is 24.5 Å². The summed E-state index contributed by atoms with van der Waals surface area (Å²) >= 11 is 0. The van der Waals surface area contributed by atoms with Crippen molar-refractivity contribution in [2.45, 2.75) is 6.61 Å². The minimum absolute atomic E-state index is 0.00466. The number of benzene rings is 1. The molecule has 0 atom stereocenters. The van der Waals surface area contributed by atoms with Gasteiger partial charge >= 0.3 is 0 Å². The Labute approximate surface area is 113 Å². The van der Waals surface area contributed by atoms with E-state index in [2.05, 4.69) is 20.1 Å². The van der Waals surface area contributed by atoms with Crippen molar-refractivity contribution in [3.63, 3.8) is 0 Å². The molecule has 6 nitrogen and oxygen atoms in total. The standard InChI is InChI=1S/C13H9FN4O2/c14-9-3-1-2-4-11(9)19-8-12-17-13(20-18-12)10-7-15-5-6-16-10/h1-7H,8H2. The fourth-order valence-electron chi connectivity index (χ4n) is 1.53. The lowest BCUT2D eigenvalue weighted by molar-refractivity contribution is 0.274. The second-order valence-electron chi connectivity index (χ2n) is 3.83. The molecule has 3 rings (SSSR count). The number of hydrogen-bond acceptors (Lipinski definition) is 6. The number of halogens is 1. The van der Waals surface area contributed by atoms with Crippen LogP contribution in [0.2, 0.25) is 0 Å². The number of para-hydroxylation sites is 1. The molecule has 3 aromatic rings. The Bertz CT molecular complexity index is 702. The van der Waals surface area contributed by atoms with Crippen LogP contribution in [0.15, 0.2) is 47.4 Å². The van der Waals surface area contributed by atoms with Gasteiger partial charge < -0.3 is 9.26 Å². The first-order valence-corrected chi connectivity index (χ1v) is 5.79. The second kappa shape index (κ2) is 5.43. The average molecular weight is 272 g/mol. The van der Waals surface area contributed by atoms with Gasteiger partial charge in [-0.15, -0.1) is 0 Å². The quantitative estimate of drug-likeness (QED) is 0.725. The van der Waals surface area contributed by atoms with Gasteiger partial charge in [0.25, 0.3) is 5.89 Å². The molecule has 0 radical (unpaired) electrons. The number of aromatic nitrogens is 4. The van der Waals surface area contributed by atoms with E-state index in [1.807, 2.05) is 0 Å². The van der Waals surface area contributed by atoms with Crippen molar-refractivity contribution in [3.05, 3.63) is 54.5 Å². The first-order chi connectivity index (χ1) is 9.83. The number of rotatable bonds is 4. The molecule has 7 heteroatoms. The van der Waals surface area contributed by atoms with Crippen molar-refractivity contribution in [2.75, 3.05) is 0 Å². The molecule has 0 saturated heterocycles. The Morgan fingerprint density at radius 1 is 1.20 bits per heavy atom. The number of nitrogens with zero attached hydrogens (tertiary/aromatic N) is 4. The van der Waals surface area contributed by atoms with E-state index >= 15 is 0 Å². The molecule has 0 aliphatic heterocycles. The highest BCUT2D eigenvalue weighted by Crippen LogP contribution is 2.17. The molecule has 20 heavy (non-hydrogen) atoms. The number of ether oxygens (including phenoxy) is 1. The molecule has 1 aromatic carbocycles. The SMILES string of the molecule is Fc1ccccc1OCc1noc(-c2cnccn2)n1. The van der Waals surface area contributed by atoms with Gasteiger partial charge in [0.1, 0.15) is 5.69 Å². The average Bonchev–Trinajstić information content (AvgIpc) is 2.96. The molecule has 0 unspecified atom stereocenters. The van der Waals surface area contributed by atoms with Gasteiger partial charge in [-0.05, 0) is 12.1 Å². The lowest BCUT2D eigenvalue weighted by Crippen LogP contribution is -1.99. The van der Waals surface area contributed by atoms with E-state index in [0.29, 0.717) is 11.5 Å². The van der Waals surface area contributed by atoms with Crippen molar-refractivity contribution in [1.29, 1.82) is 0 Å². The van der Waals surface area contributed by atoms with Crippen molar-refractivity contribution in [2.24, 2.45) is 0 Å². The van der Waals surface area contributed by atoms with Crippen LogP contribution in [0.25, 0.3) is 11.6 Å². The molecule has 100 valence electrons. The Morgan fingerprint density at radius 3 is 2.90 bits per heavy atom. The summed E-state index contributed by atoms with van der Waals surface area (Å²) in [6.07, 6.45) is 4.58. The first kappa shape index (κ1) is 12.2. The third-order valence-corrected chi connectivity index (χ3v) is 2.44. The molecule has 0 bridgehead atoms. The summed E-state index contributed by atoms with van der Waals surface area (Å²) in [5.41, 5.74) is 0.470. The van der Waals surface area contributed by atoms with Crippen LogP contribution in [0.5, 0.6) is 5.75 Å². The van der Waals surface area contributed by atoms with Gasteiger partial charge in [-0.25, -0.2) is 9.37 Å². The summed E-state index contributed by atoms with van der Waals surface area (Å²) in [5.74, 6) is 0.239. The molecule has 0 N–H and O–H groups in total. The molecule has 2 aromatic heterocycles. The molecule has 0 spiro atoms. The van der Waals surface area contributed by atoms with Gasteiger partial charge in [0.2, 0.25) is 5.82 Å². The molecule has 2 heterocycles. The van der Waals surface area contributed by atoms with Crippen LogP contribution in [0, 0.1) is 5.82 Å². The van der Waals surface area contributed by atoms with E-state index in [0.717, 1.165) is 0 Å². The van der Waals surface area contributed by atoms with Crippen molar-refractivity contribution in [1.82, 2.24) is 20.1 Å². The van der Waals surface area contributed by atoms with Crippen LogP contribution in [0.3, 0.4) is 0 Å². The summed E-state index contributed by atoms with van der Waals surface area (Å²) in [6, 6.07) is 6.11. The van der Waals surface area contributed by atoms with Crippen molar-refractivity contribution >= 4 is 0 Å². The van der Waals surface area contributed by atoms with Gasteiger partial charge in [-0.2, -0.15) is 4.98 Å². The molecular weight excluding hydrogens is 263 g/mol. The topological polar surface area (TPSA) is 73.9 Å². The van der Waals surface area contributed by atoms with E-state index < -0.39 is 5.82 Å². The lowest BCUT2D eigenvalue weighted by atomic mass is 10.3. The fraction of sp³-hybridized carbons (Fsp3) is 0.0769. The van der Waals surface area contributed by atoms with E-state index in [9.17, 15) is 4.39 Å². The third-order valence-electron chi connectivity index (χ3n) is 2.44. The van der Waals surface area contributed by atoms with Crippen LogP contribution < -0.4 is 4.74 Å². The van der Waals surface area contributed by atoms with Crippen molar-refractivity contribution < 1.29 is 13.7 Å². The van der Waals surface area contributed by atoms with Crippen molar-refractivity contribution in [3.8, 4) is 17.3 Å². The smallest absolute Gasteiger partial charge is 0.278 e. The van der Waals surface area contributed by atoms with E-state index in [-0.39, 0.29) is 18.2 Å². The highest BCUT2D eigenvalue weighted by atomic mass is 19.1. The highest BCUT2D eigenvalue weighted by molar-refractivity contribution is 5.43. The summed E-state index contributed by atoms with van der Waals surface area (Å²) < 4.78 is 23.7. The Kier molecular flexibility index (Phi) is 3.32. The molecule has 0 amide bonds.